The predicted molar refractivity (Wildman–Crippen MR) is 92.5 cm³/mol. The average molecular weight is 329 g/mol. The highest BCUT2D eigenvalue weighted by atomic mass is 16.1. The smallest absolute Gasteiger partial charge is 0.251 e. The van der Waals surface area contributed by atoms with Gasteiger partial charge < -0.3 is 16.0 Å². The minimum absolute atomic E-state index is 0.0573. The van der Waals surface area contributed by atoms with Crippen molar-refractivity contribution in [2.45, 2.75) is 20.0 Å². The molecule has 1 aromatic heterocycles. The van der Waals surface area contributed by atoms with E-state index in [-0.39, 0.29) is 5.91 Å². The first-order valence-corrected chi connectivity index (χ1v) is 7.78. The minimum atomic E-state index is -0.0573. The van der Waals surface area contributed by atoms with Crippen LogP contribution in [0.1, 0.15) is 28.7 Å². The van der Waals surface area contributed by atoms with Crippen LogP contribution in [-0.2, 0) is 20.1 Å². The zero-order chi connectivity index (χ0) is 17.4. The van der Waals surface area contributed by atoms with Gasteiger partial charge in [-0.2, -0.15) is 5.10 Å². The van der Waals surface area contributed by atoms with Crippen molar-refractivity contribution in [3.05, 3.63) is 47.5 Å². The maximum atomic E-state index is 11.7. The van der Waals surface area contributed by atoms with E-state index in [1.54, 1.807) is 11.7 Å². The fourth-order valence-electron chi connectivity index (χ4n) is 2.09. The van der Waals surface area contributed by atoms with Gasteiger partial charge in [0.2, 0.25) is 0 Å². The summed E-state index contributed by atoms with van der Waals surface area (Å²) < 4.78 is 1.71. The topological polar surface area (TPSA) is 96.2 Å². The Kier molecular flexibility index (Phi) is 6.30. The van der Waals surface area contributed by atoms with Crippen LogP contribution in [0.15, 0.2) is 35.6 Å². The lowest BCUT2D eigenvalue weighted by Crippen LogP contribution is -2.36. The van der Waals surface area contributed by atoms with Crippen LogP contribution in [0, 0.1) is 0 Å². The second-order valence-corrected chi connectivity index (χ2v) is 5.14. The number of hydrogen-bond donors (Lipinski definition) is 3. The number of carbonyl (C=O) groups excluding carboxylic acids is 1. The second-order valence-electron chi connectivity index (χ2n) is 5.14. The Morgan fingerprint density at radius 2 is 1.88 bits per heavy atom. The molecular weight excluding hydrogens is 306 g/mol. The van der Waals surface area contributed by atoms with Gasteiger partial charge in [0.1, 0.15) is 12.2 Å². The molecule has 1 aromatic carbocycles. The van der Waals surface area contributed by atoms with Crippen molar-refractivity contribution >= 4 is 11.9 Å². The number of rotatable bonds is 6. The quantitative estimate of drug-likeness (QED) is 0.527. The van der Waals surface area contributed by atoms with Crippen LogP contribution in [0.4, 0.5) is 0 Å². The van der Waals surface area contributed by atoms with E-state index in [0.717, 1.165) is 11.4 Å². The molecule has 24 heavy (non-hydrogen) atoms. The summed E-state index contributed by atoms with van der Waals surface area (Å²) in [5, 5.41) is 13.2. The van der Waals surface area contributed by atoms with Crippen LogP contribution in [-0.4, -0.2) is 40.2 Å². The Morgan fingerprint density at radius 1 is 1.17 bits per heavy atom. The van der Waals surface area contributed by atoms with E-state index in [9.17, 15) is 4.79 Å². The monoisotopic (exact) mass is 329 g/mol. The highest BCUT2D eigenvalue weighted by Crippen LogP contribution is 2.04. The summed E-state index contributed by atoms with van der Waals surface area (Å²) in [5.74, 6) is 1.44. The molecule has 1 amide bonds. The van der Waals surface area contributed by atoms with Crippen LogP contribution < -0.4 is 16.0 Å². The summed E-state index contributed by atoms with van der Waals surface area (Å²) in [6, 6.07) is 7.48. The van der Waals surface area contributed by atoms with Gasteiger partial charge in [-0.1, -0.05) is 12.1 Å². The molecule has 0 unspecified atom stereocenters. The molecule has 0 aliphatic rings. The van der Waals surface area contributed by atoms with Crippen molar-refractivity contribution in [3.63, 3.8) is 0 Å². The Balaban J connectivity index is 1.84. The highest BCUT2D eigenvalue weighted by Gasteiger charge is 2.05. The van der Waals surface area contributed by atoms with Gasteiger partial charge in [-0.25, -0.2) is 4.98 Å². The van der Waals surface area contributed by atoms with E-state index >= 15 is 0 Å². The SMILES string of the molecule is CCNC(=O)c1ccc(CNC(=NC)NCc2ncnn2C)cc1. The normalized spacial score (nSPS) is 11.2. The first kappa shape index (κ1) is 17.5. The molecule has 8 nitrogen and oxygen atoms in total. The summed E-state index contributed by atoms with van der Waals surface area (Å²) >= 11 is 0. The molecule has 0 saturated heterocycles. The van der Waals surface area contributed by atoms with E-state index in [1.165, 1.54) is 6.33 Å². The maximum absolute atomic E-state index is 11.7. The van der Waals surface area contributed by atoms with Crippen molar-refractivity contribution in [1.82, 2.24) is 30.7 Å². The van der Waals surface area contributed by atoms with Crippen molar-refractivity contribution in [2.24, 2.45) is 12.0 Å². The van der Waals surface area contributed by atoms with E-state index in [2.05, 4.69) is 31.0 Å². The summed E-state index contributed by atoms with van der Waals surface area (Å²) in [6.07, 6.45) is 1.52. The molecule has 0 bridgehead atoms. The number of aryl methyl sites for hydroxylation is 1. The Bertz CT molecular complexity index is 691. The van der Waals surface area contributed by atoms with Gasteiger partial charge in [0.15, 0.2) is 5.96 Å². The molecular formula is C16H23N7O. The largest absolute Gasteiger partial charge is 0.352 e. The third-order valence-electron chi connectivity index (χ3n) is 3.46. The van der Waals surface area contributed by atoms with Gasteiger partial charge >= 0.3 is 0 Å². The van der Waals surface area contributed by atoms with Gasteiger partial charge in [0.25, 0.3) is 5.91 Å². The fourth-order valence-corrected chi connectivity index (χ4v) is 2.09. The van der Waals surface area contributed by atoms with Crippen molar-refractivity contribution in [1.29, 1.82) is 0 Å². The van der Waals surface area contributed by atoms with Gasteiger partial charge in [-0.3, -0.25) is 14.5 Å². The number of nitrogens with zero attached hydrogens (tertiary/aromatic N) is 4. The molecule has 8 heteroatoms. The van der Waals surface area contributed by atoms with Gasteiger partial charge in [-0.15, -0.1) is 0 Å². The number of aliphatic imine (C=N–C) groups is 1. The first-order chi connectivity index (χ1) is 11.6. The highest BCUT2D eigenvalue weighted by molar-refractivity contribution is 5.94. The van der Waals surface area contributed by atoms with Crippen LogP contribution in [0.2, 0.25) is 0 Å². The first-order valence-electron chi connectivity index (χ1n) is 7.78. The summed E-state index contributed by atoms with van der Waals surface area (Å²) in [4.78, 5) is 20.1. The number of hydrogen-bond acceptors (Lipinski definition) is 4. The second kappa shape index (κ2) is 8.66. The maximum Gasteiger partial charge on any atom is 0.251 e. The van der Waals surface area contributed by atoms with Gasteiger partial charge in [0, 0.05) is 32.7 Å². The zero-order valence-electron chi connectivity index (χ0n) is 14.2. The van der Waals surface area contributed by atoms with Crippen LogP contribution in [0.25, 0.3) is 0 Å². The van der Waals surface area contributed by atoms with Crippen LogP contribution in [0.5, 0.6) is 0 Å². The predicted octanol–water partition coefficient (Wildman–Crippen LogP) is 0.430. The molecule has 128 valence electrons. The van der Waals surface area contributed by atoms with E-state index in [4.69, 9.17) is 0 Å². The number of aromatic nitrogens is 3. The standard InChI is InChI=1S/C16H23N7O/c1-4-18-15(24)13-7-5-12(6-8-13)9-19-16(17-2)20-10-14-21-11-22-23(14)3/h5-8,11H,4,9-10H2,1-3H3,(H,18,24)(H2,17,19,20). The fraction of sp³-hybridized carbons (Fsp3) is 0.375. The lowest BCUT2D eigenvalue weighted by atomic mass is 10.1. The molecule has 3 N–H and O–H groups in total. The molecule has 1 heterocycles. The van der Waals surface area contributed by atoms with E-state index < -0.39 is 0 Å². The van der Waals surface area contributed by atoms with Crippen molar-refractivity contribution in [3.8, 4) is 0 Å². The van der Waals surface area contributed by atoms with Gasteiger partial charge in [-0.05, 0) is 24.6 Å². The third kappa shape index (κ3) is 4.80. The average Bonchev–Trinajstić information content (AvgIpc) is 3.01. The minimum Gasteiger partial charge on any atom is -0.352 e. The number of amides is 1. The molecule has 0 radical (unpaired) electrons. The number of nitrogens with one attached hydrogen (secondary N) is 3. The molecule has 0 aliphatic carbocycles. The lowest BCUT2D eigenvalue weighted by molar-refractivity contribution is 0.0956. The summed E-state index contributed by atoms with van der Waals surface area (Å²) in [5.41, 5.74) is 1.72. The molecule has 0 saturated carbocycles. The molecule has 2 aromatic rings. The molecule has 0 aliphatic heterocycles. The van der Waals surface area contributed by atoms with Gasteiger partial charge in [0.05, 0.1) is 6.54 Å². The number of benzene rings is 1. The van der Waals surface area contributed by atoms with Crippen LogP contribution >= 0.6 is 0 Å². The summed E-state index contributed by atoms with van der Waals surface area (Å²) in [6.45, 7) is 3.66. The van der Waals surface area contributed by atoms with E-state index in [0.29, 0.717) is 31.2 Å². The van der Waals surface area contributed by atoms with Crippen molar-refractivity contribution < 1.29 is 4.79 Å². The Hall–Kier alpha value is -2.90. The van der Waals surface area contributed by atoms with Crippen LogP contribution in [0.3, 0.4) is 0 Å². The Labute approximate surface area is 141 Å². The number of guanidine groups is 1. The summed E-state index contributed by atoms with van der Waals surface area (Å²) in [7, 11) is 3.56. The van der Waals surface area contributed by atoms with E-state index in [1.807, 2.05) is 38.2 Å². The van der Waals surface area contributed by atoms with Crippen molar-refractivity contribution in [2.75, 3.05) is 13.6 Å². The Morgan fingerprint density at radius 3 is 2.46 bits per heavy atom. The molecule has 0 fully saturated rings. The molecule has 0 spiro atoms. The lowest BCUT2D eigenvalue weighted by Gasteiger charge is -2.12. The number of carbonyl (C=O) groups is 1. The third-order valence-corrected chi connectivity index (χ3v) is 3.46. The zero-order valence-corrected chi connectivity index (χ0v) is 14.2. The molecule has 0 atom stereocenters. The molecule has 2 rings (SSSR count).